The Labute approximate surface area is 274 Å². The summed E-state index contributed by atoms with van der Waals surface area (Å²) in [7, 11) is -4.12. The lowest BCUT2D eigenvalue weighted by Crippen LogP contribution is -2.56. The number of hydrogen-bond donors (Lipinski definition) is 1. The van der Waals surface area contributed by atoms with Crippen molar-refractivity contribution in [3.8, 4) is 0 Å². The smallest absolute Gasteiger partial charge is 0.264 e. The van der Waals surface area contributed by atoms with E-state index in [4.69, 9.17) is 0 Å². The van der Waals surface area contributed by atoms with Crippen LogP contribution in [0, 0.1) is 10.5 Å². The van der Waals surface area contributed by atoms with Crippen LogP contribution in [0.5, 0.6) is 0 Å². The van der Waals surface area contributed by atoms with E-state index in [-0.39, 0.29) is 23.8 Å². The van der Waals surface area contributed by atoms with Crippen molar-refractivity contribution in [2.75, 3.05) is 10.8 Å². The maximum Gasteiger partial charge on any atom is 0.264 e. The van der Waals surface area contributed by atoms with Gasteiger partial charge in [0.1, 0.15) is 12.6 Å². The molecule has 7 nitrogen and oxygen atoms in total. The molecule has 4 rings (SSSR count). The number of nitrogens with zero attached hydrogens (tertiary/aromatic N) is 2. The molecule has 1 atom stereocenters. The maximum atomic E-state index is 14.5. The van der Waals surface area contributed by atoms with Gasteiger partial charge in [0, 0.05) is 22.1 Å². The third-order valence-corrected chi connectivity index (χ3v) is 9.47. The normalized spacial score (nSPS) is 12.3. The Morgan fingerprint density at radius 2 is 1.36 bits per heavy atom. The third kappa shape index (κ3) is 8.92. The summed E-state index contributed by atoms with van der Waals surface area (Å²) in [6.45, 7) is 7.29. The van der Waals surface area contributed by atoms with E-state index in [0.29, 0.717) is 5.69 Å². The van der Waals surface area contributed by atoms with E-state index in [0.717, 1.165) is 24.6 Å². The second-order valence-corrected chi connectivity index (χ2v) is 14.9. The number of carbonyl (C=O) groups excluding carboxylic acids is 2. The first-order chi connectivity index (χ1) is 20.8. The van der Waals surface area contributed by atoms with Crippen LogP contribution < -0.4 is 9.62 Å². The molecule has 1 unspecified atom stereocenters. The molecule has 2 amide bonds. The quantitative estimate of drug-likeness (QED) is 0.183. The first-order valence-electron chi connectivity index (χ1n) is 14.4. The second kappa shape index (κ2) is 14.4. The predicted molar refractivity (Wildman–Crippen MR) is 184 cm³/mol. The summed E-state index contributed by atoms with van der Waals surface area (Å²) in [4.78, 5) is 30.0. The number of sulfonamides is 1. The average Bonchev–Trinajstić information content (AvgIpc) is 2.99. The largest absolute Gasteiger partial charge is 0.350 e. The highest BCUT2D eigenvalue weighted by molar-refractivity contribution is 14.1. The van der Waals surface area contributed by atoms with E-state index in [9.17, 15) is 18.0 Å². The van der Waals surface area contributed by atoms with Crippen molar-refractivity contribution in [1.82, 2.24) is 10.2 Å². The van der Waals surface area contributed by atoms with Gasteiger partial charge in [-0.3, -0.25) is 13.9 Å². The van der Waals surface area contributed by atoms with E-state index in [1.54, 1.807) is 42.5 Å². The Balaban J connectivity index is 1.80. The van der Waals surface area contributed by atoms with Crippen LogP contribution >= 0.6 is 22.6 Å². The average molecular weight is 724 g/mol. The van der Waals surface area contributed by atoms with Gasteiger partial charge in [-0.2, -0.15) is 0 Å². The zero-order valence-corrected chi connectivity index (χ0v) is 28.4. The van der Waals surface area contributed by atoms with Gasteiger partial charge in [-0.1, -0.05) is 78.4 Å². The van der Waals surface area contributed by atoms with E-state index < -0.39 is 34.1 Å². The molecular formula is C35H38IN3O4S. The van der Waals surface area contributed by atoms with Gasteiger partial charge in [0.05, 0.1) is 10.6 Å². The first-order valence-corrected chi connectivity index (χ1v) is 16.9. The van der Waals surface area contributed by atoms with E-state index in [2.05, 4.69) is 27.9 Å². The monoisotopic (exact) mass is 723 g/mol. The minimum absolute atomic E-state index is 0.0720. The molecule has 9 heteroatoms. The first kappa shape index (κ1) is 33.2. The number of anilines is 1. The summed E-state index contributed by atoms with van der Waals surface area (Å²) >= 11 is 2.15. The van der Waals surface area contributed by atoms with Crippen LogP contribution in [0.3, 0.4) is 0 Å². The number of hydrogen-bond acceptors (Lipinski definition) is 4. The summed E-state index contributed by atoms with van der Waals surface area (Å²) in [5.74, 6) is -0.804. The molecule has 0 saturated heterocycles. The van der Waals surface area contributed by atoms with Crippen molar-refractivity contribution >= 4 is 50.1 Å². The van der Waals surface area contributed by atoms with Gasteiger partial charge in [-0.15, -0.1) is 0 Å². The summed E-state index contributed by atoms with van der Waals surface area (Å²) in [5, 5.41) is 3.05. The Morgan fingerprint density at radius 3 is 1.93 bits per heavy atom. The molecule has 0 spiro atoms. The topological polar surface area (TPSA) is 86.8 Å². The fourth-order valence-corrected chi connectivity index (χ4v) is 6.55. The van der Waals surface area contributed by atoms with Crippen molar-refractivity contribution < 1.29 is 18.0 Å². The predicted octanol–water partition coefficient (Wildman–Crippen LogP) is 6.35. The van der Waals surface area contributed by atoms with Crippen LogP contribution in [-0.2, 0) is 32.6 Å². The third-order valence-electron chi connectivity index (χ3n) is 6.97. The standard InChI is InChI=1S/C35H38IN3O4S/c1-26-15-17-28(18-16-26)24-38(32(34(41)37-35(2,3)4)23-27-11-7-5-8-12-27)33(40)25-39(30-21-19-29(36)20-22-30)44(42,43)31-13-9-6-10-14-31/h5-22,32H,23-25H2,1-4H3,(H,37,41). The molecule has 0 fully saturated rings. The summed E-state index contributed by atoms with van der Waals surface area (Å²) in [6, 6.07) is 31.4. The van der Waals surface area contributed by atoms with Gasteiger partial charge < -0.3 is 10.2 Å². The molecule has 0 aromatic heterocycles. The van der Waals surface area contributed by atoms with Gasteiger partial charge >= 0.3 is 0 Å². The van der Waals surface area contributed by atoms with Gasteiger partial charge in [-0.05, 0) is 97.8 Å². The number of benzene rings is 4. The Hall–Kier alpha value is -3.70. The maximum absolute atomic E-state index is 14.5. The van der Waals surface area contributed by atoms with Crippen LogP contribution in [-0.4, -0.2) is 43.3 Å². The van der Waals surface area contributed by atoms with Gasteiger partial charge in [0.15, 0.2) is 0 Å². The summed E-state index contributed by atoms with van der Waals surface area (Å²) in [6.07, 6.45) is 0.259. The number of rotatable bonds is 11. The second-order valence-electron chi connectivity index (χ2n) is 11.8. The highest BCUT2D eigenvalue weighted by atomic mass is 127. The SMILES string of the molecule is Cc1ccc(CN(C(=O)CN(c2ccc(I)cc2)S(=O)(=O)c2ccccc2)C(Cc2ccccc2)C(=O)NC(C)(C)C)cc1. The Bertz CT molecular complexity index is 1660. The summed E-state index contributed by atoms with van der Waals surface area (Å²) < 4.78 is 30.1. The fraction of sp³-hybridized carbons (Fsp3) is 0.257. The Morgan fingerprint density at radius 1 is 0.795 bits per heavy atom. The lowest BCUT2D eigenvalue weighted by molar-refractivity contribution is -0.140. The van der Waals surface area contributed by atoms with Crippen LogP contribution in [0.2, 0.25) is 0 Å². The van der Waals surface area contributed by atoms with Crippen LogP contribution in [0.15, 0.2) is 114 Å². The highest BCUT2D eigenvalue weighted by Gasteiger charge is 2.35. The van der Waals surface area contributed by atoms with E-state index in [1.807, 2.05) is 82.3 Å². The Kier molecular flexibility index (Phi) is 10.9. The van der Waals surface area contributed by atoms with E-state index in [1.165, 1.54) is 17.0 Å². The number of nitrogens with one attached hydrogen (secondary N) is 1. The van der Waals surface area contributed by atoms with Crippen molar-refractivity contribution in [3.05, 3.63) is 129 Å². The zero-order chi connectivity index (χ0) is 31.9. The molecule has 230 valence electrons. The molecule has 0 saturated carbocycles. The number of carbonyl (C=O) groups is 2. The minimum Gasteiger partial charge on any atom is -0.350 e. The molecule has 4 aromatic rings. The van der Waals surface area contributed by atoms with Crippen LogP contribution in [0.25, 0.3) is 0 Å². The van der Waals surface area contributed by atoms with Crippen molar-refractivity contribution in [3.63, 3.8) is 0 Å². The lowest BCUT2D eigenvalue weighted by atomic mass is 10.0. The number of halogens is 1. The fourth-order valence-electron chi connectivity index (χ4n) is 4.75. The van der Waals surface area contributed by atoms with Crippen LogP contribution in [0.1, 0.15) is 37.5 Å². The molecule has 0 aliphatic heterocycles. The minimum atomic E-state index is -4.12. The molecule has 44 heavy (non-hydrogen) atoms. The van der Waals surface area contributed by atoms with Gasteiger partial charge in [0.2, 0.25) is 11.8 Å². The number of amides is 2. The zero-order valence-electron chi connectivity index (χ0n) is 25.4. The molecule has 0 heterocycles. The molecule has 0 bridgehead atoms. The molecule has 0 aliphatic carbocycles. The van der Waals surface area contributed by atoms with E-state index >= 15 is 0 Å². The number of aryl methyl sites for hydroxylation is 1. The van der Waals surface area contributed by atoms with Crippen molar-refractivity contribution in [2.45, 2.75) is 57.1 Å². The van der Waals surface area contributed by atoms with Crippen molar-refractivity contribution in [1.29, 1.82) is 0 Å². The summed E-state index contributed by atoms with van der Waals surface area (Å²) in [5.41, 5.74) is 2.59. The van der Waals surface area contributed by atoms with Crippen LogP contribution in [0.4, 0.5) is 5.69 Å². The lowest BCUT2D eigenvalue weighted by Gasteiger charge is -2.35. The van der Waals surface area contributed by atoms with Gasteiger partial charge in [0.25, 0.3) is 10.0 Å². The molecule has 1 N–H and O–H groups in total. The van der Waals surface area contributed by atoms with Gasteiger partial charge in [-0.25, -0.2) is 8.42 Å². The highest BCUT2D eigenvalue weighted by Crippen LogP contribution is 2.26. The molecule has 4 aromatic carbocycles. The molecular weight excluding hydrogens is 685 g/mol. The molecule has 0 aliphatic rings. The molecule has 0 radical (unpaired) electrons. The van der Waals surface area contributed by atoms with Crippen molar-refractivity contribution in [2.24, 2.45) is 0 Å².